The fourth-order valence-corrected chi connectivity index (χ4v) is 3.33. The van der Waals surface area contributed by atoms with Gasteiger partial charge in [0.15, 0.2) is 0 Å². The normalized spacial score (nSPS) is 10.9. The van der Waals surface area contributed by atoms with Gasteiger partial charge in [-0.1, -0.05) is 30.3 Å². The Hall–Kier alpha value is -4.70. The SMILES string of the molecule is COc1ccc(C(=O)O)cc1-n1c(/C=C/c2ccc(C#N)cc2)nc2ccccc2c1=O. The van der Waals surface area contributed by atoms with Crippen molar-refractivity contribution in [2.24, 2.45) is 0 Å². The molecule has 0 spiro atoms. The van der Waals surface area contributed by atoms with Crippen LogP contribution in [-0.4, -0.2) is 27.7 Å². The number of ether oxygens (including phenoxy) is 1. The predicted octanol–water partition coefficient (Wildman–Crippen LogP) is 4.13. The first-order chi connectivity index (χ1) is 15.5. The molecule has 0 aliphatic heterocycles. The molecule has 0 saturated heterocycles. The third kappa shape index (κ3) is 3.85. The van der Waals surface area contributed by atoms with Crippen molar-refractivity contribution in [1.82, 2.24) is 9.55 Å². The second kappa shape index (κ2) is 8.58. The van der Waals surface area contributed by atoms with Crippen molar-refractivity contribution in [2.45, 2.75) is 0 Å². The van der Waals surface area contributed by atoms with Gasteiger partial charge in [0.2, 0.25) is 0 Å². The third-order valence-corrected chi connectivity index (χ3v) is 4.93. The van der Waals surface area contributed by atoms with Crippen LogP contribution in [0.25, 0.3) is 28.7 Å². The van der Waals surface area contributed by atoms with Crippen molar-refractivity contribution >= 4 is 29.0 Å². The summed E-state index contributed by atoms with van der Waals surface area (Å²) >= 11 is 0. The number of nitrogens with zero attached hydrogens (tertiary/aromatic N) is 3. The molecule has 1 N–H and O–H groups in total. The first kappa shape index (κ1) is 20.6. The fraction of sp³-hybridized carbons (Fsp3) is 0.0400. The molecule has 0 radical (unpaired) electrons. The van der Waals surface area contributed by atoms with Gasteiger partial charge in [-0.15, -0.1) is 0 Å². The molecule has 156 valence electrons. The number of carboxylic acids is 1. The summed E-state index contributed by atoms with van der Waals surface area (Å²) in [6, 6.07) is 20.3. The van der Waals surface area contributed by atoms with Crippen molar-refractivity contribution in [3.8, 4) is 17.5 Å². The number of carboxylic acid groups (broad SMARTS) is 1. The summed E-state index contributed by atoms with van der Waals surface area (Å²) < 4.78 is 6.75. The number of nitriles is 1. The molecular weight excluding hydrogens is 406 g/mol. The Morgan fingerprint density at radius 3 is 2.53 bits per heavy atom. The molecular formula is C25H17N3O4. The molecule has 1 heterocycles. The van der Waals surface area contributed by atoms with Gasteiger partial charge in [0.1, 0.15) is 11.6 Å². The van der Waals surface area contributed by atoms with E-state index in [9.17, 15) is 14.7 Å². The van der Waals surface area contributed by atoms with E-state index in [1.807, 2.05) is 0 Å². The molecule has 1 aromatic heterocycles. The minimum Gasteiger partial charge on any atom is -0.495 e. The third-order valence-electron chi connectivity index (χ3n) is 4.93. The van der Waals surface area contributed by atoms with Crippen LogP contribution >= 0.6 is 0 Å². The summed E-state index contributed by atoms with van der Waals surface area (Å²) in [5.41, 5.74) is 1.80. The average Bonchev–Trinajstić information content (AvgIpc) is 2.82. The maximum Gasteiger partial charge on any atom is 0.335 e. The number of rotatable bonds is 5. The summed E-state index contributed by atoms with van der Waals surface area (Å²) in [6.07, 6.45) is 3.43. The van der Waals surface area contributed by atoms with Crippen molar-refractivity contribution < 1.29 is 14.6 Å². The number of aromatic nitrogens is 2. The van der Waals surface area contributed by atoms with Gasteiger partial charge < -0.3 is 9.84 Å². The average molecular weight is 423 g/mol. The number of hydrogen-bond donors (Lipinski definition) is 1. The van der Waals surface area contributed by atoms with E-state index in [0.29, 0.717) is 28.0 Å². The Morgan fingerprint density at radius 2 is 1.84 bits per heavy atom. The number of methoxy groups -OCH3 is 1. The van der Waals surface area contributed by atoms with Crippen molar-refractivity contribution in [2.75, 3.05) is 7.11 Å². The number of carbonyl (C=O) groups is 1. The fourth-order valence-electron chi connectivity index (χ4n) is 3.33. The van der Waals surface area contributed by atoms with Gasteiger partial charge in [-0.3, -0.25) is 9.36 Å². The summed E-state index contributed by atoms with van der Waals surface area (Å²) in [7, 11) is 1.45. The Kier molecular flexibility index (Phi) is 5.51. The maximum absolute atomic E-state index is 13.4. The topological polar surface area (TPSA) is 105 Å². The van der Waals surface area contributed by atoms with Gasteiger partial charge in [-0.2, -0.15) is 5.26 Å². The van der Waals surface area contributed by atoms with Gasteiger partial charge in [0.05, 0.1) is 40.9 Å². The molecule has 32 heavy (non-hydrogen) atoms. The Labute approximate surface area is 183 Å². The molecule has 7 nitrogen and oxygen atoms in total. The molecule has 0 amide bonds. The minimum absolute atomic E-state index is 0.0166. The van der Waals surface area contributed by atoms with Gasteiger partial charge in [-0.05, 0) is 54.1 Å². The Morgan fingerprint density at radius 1 is 1.09 bits per heavy atom. The zero-order valence-corrected chi connectivity index (χ0v) is 17.0. The molecule has 0 fully saturated rings. The van der Waals surface area contributed by atoms with Gasteiger partial charge >= 0.3 is 5.97 Å². The van der Waals surface area contributed by atoms with E-state index in [2.05, 4.69) is 11.1 Å². The van der Waals surface area contributed by atoms with Crippen LogP contribution in [0.5, 0.6) is 5.75 Å². The first-order valence-corrected chi connectivity index (χ1v) is 9.63. The van der Waals surface area contributed by atoms with Crippen LogP contribution in [0.15, 0.2) is 71.5 Å². The van der Waals surface area contributed by atoms with Crippen LogP contribution < -0.4 is 10.3 Å². The van der Waals surface area contributed by atoms with E-state index >= 15 is 0 Å². The number of benzene rings is 3. The lowest BCUT2D eigenvalue weighted by Crippen LogP contribution is -2.23. The highest BCUT2D eigenvalue weighted by Crippen LogP contribution is 2.26. The lowest BCUT2D eigenvalue weighted by molar-refractivity contribution is 0.0697. The van der Waals surface area contributed by atoms with Crippen LogP contribution in [0, 0.1) is 11.3 Å². The lowest BCUT2D eigenvalue weighted by Gasteiger charge is -2.15. The van der Waals surface area contributed by atoms with Crippen LogP contribution in [0.3, 0.4) is 0 Å². The van der Waals surface area contributed by atoms with E-state index in [1.54, 1.807) is 60.7 Å². The standard InChI is InChI=1S/C25H17N3O4/c1-32-22-12-11-18(25(30)31)14-21(22)28-23(13-10-16-6-8-17(15-26)9-7-16)27-20-5-3-2-4-19(20)24(28)29/h2-14H,1H3,(H,30,31)/b13-10+. The molecule has 0 unspecified atom stereocenters. The van der Waals surface area contributed by atoms with Crippen LogP contribution in [0.2, 0.25) is 0 Å². The highest BCUT2D eigenvalue weighted by molar-refractivity contribution is 5.89. The van der Waals surface area contributed by atoms with Crippen molar-refractivity contribution in [3.05, 3.63) is 99.6 Å². The summed E-state index contributed by atoms with van der Waals surface area (Å²) in [6.45, 7) is 0. The number of hydrogen-bond acceptors (Lipinski definition) is 5. The molecule has 0 aliphatic carbocycles. The lowest BCUT2D eigenvalue weighted by atomic mass is 10.1. The quantitative estimate of drug-likeness (QED) is 0.517. The van der Waals surface area contributed by atoms with E-state index in [1.165, 1.54) is 29.9 Å². The first-order valence-electron chi connectivity index (χ1n) is 9.63. The monoisotopic (exact) mass is 423 g/mol. The second-order valence-corrected chi connectivity index (χ2v) is 6.89. The maximum atomic E-state index is 13.4. The highest BCUT2D eigenvalue weighted by Gasteiger charge is 2.17. The van der Waals surface area contributed by atoms with Gasteiger partial charge in [-0.25, -0.2) is 9.78 Å². The zero-order chi connectivity index (χ0) is 22.7. The van der Waals surface area contributed by atoms with Crippen molar-refractivity contribution in [1.29, 1.82) is 5.26 Å². The van der Waals surface area contributed by atoms with E-state index in [-0.39, 0.29) is 16.8 Å². The number of para-hydroxylation sites is 1. The molecule has 0 saturated carbocycles. The molecule has 7 heteroatoms. The minimum atomic E-state index is -1.12. The van der Waals surface area contributed by atoms with E-state index in [4.69, 9.17) is 10.00 Å². The van der Waals surface area contributed by atoms with Crippen molar-refractivity contribution in [3.63, 3.8) is 0 Å². The van der Waals surface area contributed by atoms with E-state index in [0.717, 1.165) is 5.56 Å². The summed E-state index contributed by atoms with van der Waals surface area (Å²) in [5.74, 6) is -0.480. The largest absolute Gasteiger partial charge is 0.495 e. The molecule has 0 bridgehead atoms. The molecule has 0 aliphatic rings. The molecule has 0 atom stereocenters. The smallest absolute Gasteiger partial charge is 0.335 e. The van der Waals surface area contributed by atoms with Gasteiger partial charge in [0, 0.05) is 0 Å². The predicted molar refractivity (Wildman–Crippen MR) is 121 cm³/mol. The number of fused-ring (bicyclic) bond motifs is 1. The van der Waals surface area contributed by atoms with Crippen LogP contribution in [0.4, 0.5) is 0 Å². The molecule has 4 aromatic rings. The highest BCUT2D eigenvalue weighted by atomic mass is 16.5. The van der Waals surface area contributed by atoms with Crippen LogP contribution in [-0.2, 0) is 0 Å². The summed E-state index contributed by atoms with van der Waals surface area (Å²) in [5, 5.41) is 18.8. The Bertz CT molecular complexity index is 1460. The molecule has 3 aromatic carbocycles. The zero-order valence-electron chi connectivity index (χ0n) is 17.0. The number of aromatic carboxylic acids is 1. The molecule has 4 rings (SSSR count). The van der Waals surface area contributed by atoms with E-state index < -0.39 is 5.97 Å². The summed E-state index contributed by atoms with van der Waals surface area (Å²) in [4.78, 5) is 29.6. The Balaban J connectivity index is 1.97. The second-order valence-electron chi connectivity index (χ2n) is 6.89. The van der Waals surface area contributed by atoms with Gasteiger partial charge in [0.25, 0.3) is 5.56 Å². The van der Waals surface area contributed by atoms with Crippen LogP contribution in [0.1, 0.15) is 27.3 Å².